The third-order valence-electron chi connectivity index (χ3n) is 4.21. The van der Waals surface area contributed by atoms with E-state index in [1.54, 1.807) is 48.5 Å². The zero-order valence-electron chi connectivity index (χ0n) is 15.8. The fraction of sp³-hybridized carbons (Fsp3) is 0.238. The van der Waals surface area contributed by atoms with Gasteiger partial charge < -0.3 is 10.6 Å². The molecule has 27 heavy (non-hydrogen) atoms. The summed E-state index contributed by atoms with van der Waals surface area (Å²) in [6.07, 6.45) is 0. The van der Waals surface area contributed by atoms with Gasteiger partial charge in [0.05, 0.1) is 0 Å². The number of carbonyl (C=O) groups excluding carboxylic acids is 4. The van der Waals surface area contributed by atoms with Crippen LogP contribution in [-0.2, 0) is 9.59 Å². The van der Waals surface area contributed by atoms with Gasteiger partial charge in [-0.15, -0.1) is 0 Å². The Morgan fingerprint density at radius 2 is 1.22 bits per heavy atom. The summed E-state index contributed by atoms with van der Waals surface area (Å²) >= 11 is 0. The zero-order chi connectivity index (χ0) is 20.2. The number of rotatable bonds is 6. The maximum atomic E-state index is 12.6. The Kier molecular flexibility index (Phi) is 5.90. The highest BCUT2D eigenvalue weighted by molar-refractivity contribution is 6.14. The number of benzene rings is 2. The van der Waals surface area contributed by atoms with Crippen LogP contribution in [0.5, 0.6) is 0 Å². The quantitative estimate of drug-likeness (QED) is 0.602. The van der Waals surface area contributed by atoms with Crippen LogP contribution in [0, 0.1) is 5.41 Å². The molecule has 0 radical (unpaired) electrons. The third kappa shape index (κ3) is 4.88. The lowest BCUT2D eigenvalue weighted by molar-refractivity contribution is -0.135. The van der Waals surface area contributed by atoms with Crippen LogP contribution in [0.1, 0.15) is 48.4 Å². The smallest absolute Gasteiger partial charge is 0.239 e. The van der Waals surface area contributed by atoms with Crippen molar-refractivity contribution in [2.45, 2.75) is 27.7 Å². The van der Waals surface area contributed by atoms with Crippen LogP contribution in [0.25, 0.3) is 0 Å². The molecule has 2 rings (SSSR count). The van der Waals surface area contributed by atoms with Gasteiger partial charge >= 0.3 is 0 Å². The minimum Gasteiger partial charge on any atom is -0.325 e. The van der Waals surface area contributed by atoms with Crippen LogP contribution in [0.4, 0.5) is 11.4 Å². The summed E-state index contributed by atoms with van der Waals surface area (Å²) in [7, 11) is 0. The molecular formula is C21H22N2O4. The lowest BCUT2D eigenvalue weighted by Crippen LogP contribution is -2.41. The Morgan fingerprint density at radius 3 is 1.74 bits per heavy atom. The number of hydrogen-bond donors (Lipinski definition) is 2. The number of nitrogens with one attached hydrogen (secondary N) is 2. The summed E-state index contributed by atoms with van der Waals surface area (Å²) in [5.41, 5.74) is 0.589. The van der Waals surface area contributed by atoms with Gasteiger partial charge in [-0.1, -0.05) is 12.1 Å². The Labute approximate surface area is 158 Å². The molecule has 0 bridgehead atoms. The average Bonchev–Trinajstić information content (AvgIpc) is 2.62. The predicted octanol–water partition coefficient (Wildman–Crippen LogP) is 3.70. The molecule has 0 heterocycles. The molecule has 0 atom stereocenters. The summed E-state index contributed by atoms with van der Waals surface area (Å²) in [5.74, 6) is -1.17. The van der Waals surface area contributed by atoms with Crippen LogP contribution < -0.4 is 10.6 Å². The van der Waals surface area contributed by atoms with Gasteiger partial charge in [-0.3, -0.25) is 19.2 Å². The summed E-state index contributed by atoms with van der Waals surface area (Å²) in [6, 6.07) is 13.0. The van der Waals surface area contributed by atoms with Gasteiger partial charge in [-0.25, -0.2) is 0 Å². The van der Waals surface area contributed by atoms with Crippen molar-refractivity contribution in [2.24, 2.45) is 5.41 Å². The van der Waals surface area contributed by atoms with E-state index < -0.39 is 17.2 Å². The van der Waals surface area contributed by atoms with Gasteiger partial charge in [-0.05, 0) is 64.1 Å². The first-order valence-electron chi connectivity index (χ1n) is 8.46. The van der Waals surface area contributed by atoms with Gasteiger partial charge in [0.25, 0.3) is 0 Å². The zero-order valence-corrected chi connectivity index (χ0v) is 15.8. The molecule has 0 fully saturated rings. The van der Waals surface area contributed by atoms with Gasteiger partial charge in [-0.2, -0.15) is 0 Å². The Balaban J connectivity index is 2.10. The largest absolute Gasteiger partial charge is 0.325 e. The SMILES string of the molecule is CC(=O)c1ccc(NC(=O)C(C)(C)C(=O)Nc2cccc(C(C)=O)c2)cc1. The number of amides is 2. The van der Waals surface area contributed by atoms with Crippen molar-refractivity contribution in [1.29, 1.82) is 0 Å². The number of hydrogen-bond acceptors (Lipinski definition) is 4. The Bertz CT molecular complexity index is 899. The molecule has 6 heteroatoms. The van der Waals surface area contributed by atoms with E-state index in [4.69, 9.17) is 0 Å². The van der Waals surface area contributed by atoms with E-state index >= 15 is 0 Å². The number of anilines is 2. The summed E-state index contributed by atoms with van der Waals surface area (Å²) < 4.78 is 0. The highest BCUT2D eigenvalue weighted by Crippen LogP contribution is 2.22. The van der Waals surface area contributed by atoms with Crippen molar-refractivity contribution in [1.82, 2.24) is 0 Å². The van der Waals surface area contributed by atoms with E-state index in [2.05, 4.69) is 10.6 Å². The van der Waals surface area contributed by atoms with Crippen molar-refractivity contribution in [3.63, 3.8) is 0 Å². The molecular weight excluding hydrogens is 344 g/mol. The van der Waals surface area contributed by atoms with E-state index in [1.807, 2.05) is 0 Å². The summed E-state index contributed by atoms with van der Waals surface area (Å²) in [5, 5.41) is 5.35. The molecule has 2 aromatic rings. The molecule has 0 saturated carbocycles. The number of ketones is 2. The molecule has 140 valence electrons. The fourth-order valence-electron chi connectivity index (χ4n) is 2.28. The van der Waals surface area contributed by atoms with Gasteiger partial charge in [0, 0.05) is 22.5 Å². The van der Waals surface area contributed by atoms with Crippen molar-refractivity contribution in [3.8, 4) is 0 Å². The lowest BCUT2D eigenvalue weighted by atomic mass is 9.90. The lowest BCUT2D eigenvalue weighted by Gasteiger charge is -2.23. The second-order valence-electron chi connectivity index (χ2n) is 6.80. The van der Waals surface area contributed by atoms with Crippen molar-refractivity contribution in [3.05, 3.63) is 59.7 Å². The van der Waals surface area contributed by atoms with Crippen molar-refractivity contribution in [2.75, 3.05) is 10.6 Å². The van der Waals surface area contributed by atoms with E-state index in [9.17, 15) is 19.2 Å². The Hall–Kier alpha value is -3.28. The molecule has 2 N–H and O–H groups in total. The Morgan fingerprint density at radius 1 is 0.704 bits per heavy atom. The van der Waals surface area contributed by atoms with Gasteiger partial charge in [0.1, 0.15) is 5.41 Å². The highest BCUT2D eigenvalue weighted by Gasteiger charge is 2.36. The number of carbonyl (C=O) groups is 4. The fourth-order valence-corrected chi connectivity index (χ4v) is 2.28. The first-order chi connectivity index (χ1) is 12.6. The topological polar surface area (TPSA) is 92.3 Å². The van der Waals surface area contributed by atoms with Crippen LogP contribution in [0.2, 0.25) is 0 Å². The molecule has 0 aromatic heterocycles. The first-order valence-corrected chi connectivity index (χ1v) is 8.46. The molecule has 6 nitrogen and oxygen atoms in total. The molecule has 2 amide bonds. The molecule has 0 unspecified atom stereocenters. The minimum atomic E-state index is -1.36. The molecule has 0 aliphatic carbocycles. The molecule has 0 spiro atoms. The van der Waals surface area contributed by atoms with E-state index in [-0.39, 0.29) is 11.6 Å². The van der Waals surface area contributed by atoms with Crippen molar-refractivity contribution >= 4 is 34.8 Å². The van der Waals surface area contributed by atoms with E-state index in [1.165, 1.54) is 27.7 Å². The monoisotopic (exact) mass is 366 g/mol. The summed E-state index contributed by atoms with van der Waals surface area (Å²) in [4.78, 5) is 47.9. The molecule has 0 aliphatic rings. The van der Waals surface area contributed by atoms with Crippen LogP contribution in [0.3, 0.4) is 0 Å². The van der Waals surface area contributed by atoms with E-state index in [0.717, 1.165) is 0 Å². The summed E-state index contributed by atoms with van der Waals surface area (Å²) in [6.45, 7) is 5.92. The first kappa shape index (κ1) is 20.0. The maximum Gasteiger partial charge on any atom is 0.239 e. The van der Waals surface area contributed by atoms with Crippen LogP contribution in [0.15, 0.2) is 48.5 Å². The normalized spacial score (nSPS) is 10.8. The molecule has 0 saturated heterocycles. The average molecular weight is 366 g/mol. The molecule has 2 aromatic carbocycles. The highest BCUT2D eigenvalue weighted by atomic mass is 16.2. The minimum absolute atomic E-state index is 0.0691. The van der Waals surface area contributed by atoms with Crippen molar-refractivity contribution < 1.29 is 19.2 Å². The molecule has 0 aliphatic heterocycles. The van der Waals surface area contributed by atoms with Gasteiger partial charge in [0.2, 0.25) is 11.8 Å². The van der Waals surface area contributed by atoms with E-state index in [0.29, 0.717) is 22.5 Å². The third-order valence-corrected chi connectivity index (χ3v) is 4.21. The standard InChI is InChI=1S/C21H22N2O4/c1-13(24)15-8-10-17(11-9-15)22-19(26)21(3,4)20(27)23-18-7-5-6-16(12-18)14(2)25/h5-12H,1-4H3,(H,22,26)(H,23,27). The second-order valence-corrected chi connectivity index (χ2v) is 6.80. The van der Waals surface area contributed by atoms with Gasteiger partial charge in [0.15, 0.2) is 11.6 Å². The van der Waals surface area contributed by atoms with Crippen LogP contribution >= 0.6 is 0 Å². The predicted molar refractivity (Wildman–Crippen MR) is 104 cm³/mol. The second kappa shape index (κ2) is 7.95. The van der Waals surface area contributed by atoms with Crippen LogP contribution in [-0.4, -0.2) is 23.4 Å². The maximum absolute atomic E-state index is 12.6. The number of Topliss-reactive ketones (excluding diaryl/α,β-unsaturated/α-hetero) is 2.